The minimum atomic E-state index is -0.280. The molecule has 4 aromatic rings. The van der Waals surface area contributed by atoms with Gasteiger partial charge in [0.2, 0.25) is 0 Å². The number of ketones is 1. The number of aromatic amines is 1. The number of fused-ring (bicyclic) bond motifs is 3. The Kier molecular flexibility index (Phi) is 4.13. The summed E-state index contributed by atoms with van der Waals surface area (Å²) in [6.07, 6.45) is 2.62. The highest BCUT2D eigenvalue weighted by atomic mass is 16.1. The van der Waals surface area contributed by atoms with Crippen LogP contribution < -0.4 is 5.56 Å². The van der Waals surface area contributed by atoms with Gasteiger partial charge in [0, 0.05) is 29.6 Å². The summed E-state index contributed by atoms with van der Waals surface area (Å²) in [5, 5.41) is 3.47. The summed E-state index contributed by atoms with van der Waals surface area (Å²) in [5.41, 5.74) is 5.30. The Hall–Kier alpha value is -3.61. The topological polar surface area (TPSA) is 93.5 Å². The number of hydrogen-bond acceptors (Lipinski definition) is 5. The fourth-order valence-corrected chi connectivity index (χ4v) is 4.45. The smallest absolute Gasteiger partial charge is 0.283 e. The normalized spacial score (nSPS) is 16.1. The molecule has 7 heteroatoms. The molecule has 7 nitrogen and oxygen atoms in total. The van der Waals surface area contributed by atoms with E-state index in [1.165, 1.54) is 4.68 Å². The van der Waals surface area contributed by atoms with E-state index in [4.69, 9.17) is 0 Å². The summed E-state index contributed by atoms with van der Waals surface area (Å²) in [4.78, 5) is 39.4. The number of nitrogens with zero attached hydrogens (tertiary/aromatic N) is 4. The fraction of sp³-hybridized carbons (Fsp3) is 0.261. The lowest BCUT2D eigenvalue weighted by molar-refractivity contribution is 0.0964. The number of carbonyl (C=O) groups is 1. The highest BCUT2D eigenvalue weighted by Gasteiger charge is 2.30. The molecule has 5 rings (SSSR count). The SMILES string of the molecule is Cc1cc(C)nc(-n2[nH]c3ncc4c(c3c2=O)C[C@H](c2ccccc2C)CC4=O)n1. The van der Waals surface area contributed by atoms with Gasteiger partial charge in [0.15, 0.2) is 11.4 Å². The zero-order valence-corrected chi connectivity index (χ0v) is 17.1. The van der Waals surface area contributed by atoms with Crippen LogP contribution in [-0.4, -0.2) is 30.5 Å². The van der Waals surface area contributed by atoms with E-state index in [2.05, 4.69) is 39.1 Å². The molecule has 150 valence electrons. The quantitative estimate of drug-likeness (QED) is 0.558. The summed E-state index contributed by atoms with van der Waals surface area (Å²) in [6.45, 7) is 5.77. The van der Waals surface area contributed by atoms with Crippen molar-refractivity contribution < 1.29 is 4.79 Å². The second kappa shape index (κ2) is 6.73. The van der Waals surface area contributed by atoms with Gasteiger partial charge in [-0.1, -0.05) is 24.3 Å². The van der Waals surface area contributed by atoms with Crippen LogP contribution in [0.2, 0.25) is 0 Å². The van der Waals surface area contributed by atoms with Gasteiger partial charge < -0.3 is 0 Å². The van der Waals surface area contributed by atoms with Crippen molar-refractivity contribution in [2.24, 2.45) is 0 Å². The molecule has 0 bridgehead atoms. The molecule has 1 atom stereocenters. The molecule has 30 heavy (non-hydrogen) atoms. The van der Waals surface area contributed by atoms with Gasteiger partial charge in [0.25, 0.3) is 11.5 Å². The number of hydrogen-bond donors (Lipinski definition) is 1. The highest BCUT2D eigenvalue weighted by Crippen LogP contribution is 2.35. The lowest BCUT2D eigenvalue weighted by atomic mass is 9.78. The lowest BCUT2D eigenvalue weighted by Crippen LogP contribution is -2.23. The molecule has 1 aliphatic carbocycles. The van der Waals surface area contributed by atoms with E-state index in [0.717, 1.165) is 28.1 Å². The van der Waals surface area contributed by atoms with E-state index in [1.807, 2.05) is 32.0 Å². The Labute approximate surface area is 172 Å². The minimum absolute atomic E-state index is 0.0219. The van der Waals surface area contributed by atoms with Crippen molar-refractivity contribution in [3.63, 3.8) is 0 Å². The molecule has 0 fully saturated rings. The maximum Gasteiger partial charge on any atom is 0.283 e. The van der Waals surface area contributed by atoms with Gasteiger partial charge in [0.05, 0.1) is 5.39 Å². The van der Waals surface area contributed by atoms with Gasteiger partial charge in [-0.25, -0.2) is 15.0 Å². The van der Waals surface area contributed by atoms with Crippen molar-refractivity contribution >= 4 is 16.8 Å². The number of pyridine rings is 1. The number of nitrogens with one attached hydrogen (secondary N) is 1. The number of aryl methyl sites for hydroxylation is 3. The molecule has 0 aliphatic heterocycles. The van der Waals surface area contributed by atoms with E-state index in [1.54, 1.807) is 6.20 Å². The maximum atomic E-state index is 13.3. The Balaban J connectivity index is 1.70. The fourth-order valence-electron chi connectivity index (χ4n) is 4.45. The largest absolute Gasteiger partial charge is 0.294 e. The van der Waals surface area contributed by atoms with E-state index >= 15 is 0 Å². The summed E-state index contributed by atoms with van der Waals surface area (Å²) in [6, 6.07) is 9.95. The van der Waals surface area contributed by atoms with Crippen molar-refractivity contribution in [1.82, 2.24) is 24.7 Å². The average molecular weight is 399 g/mol. The molecule has 0 unspecified atom stereocenters. The predicted molar refractivity (Wildman–Crippen MR) is 113 cm³/mol. The molecule has 0 radical (unpaired) electrons. The Morgan fingerprint density at radius 2 is 1.77 bits per heavy atom. The van der Waals surface area contributed by atoms with E-state index in [9.17, 15) is 9.59 Å². The summed E-state index contributed by atoms with van der Waals surface area (Å²) < 4.78 is 1.32. The van der Waals surface area contributed by atoms with E-state index in [-0.39, 0.29) is 23.2 Å². The van der Waals surface area contributed by atoms with Gasteiger partial charge in [-0.2, -0.15) is 4.68 Å². The van der Waals surface area contributed by atoms with E-state index in [0.29, 0.717) is 29.4 Å². The molecule has 0 saturated carbocycles. The Morgan fingerprint density at radius 1 is 1.03 bits per heavy atom. The molecule has 0 spiro atoms. The maximum absolute atomic E-state index is 13.3. The standard InChI is InChI=1S/C23H21N5O2/c1-12-6-4-5-7-16(12)15-9-17-18(19(29)10-15)11-24-21-20(17)22(30)28(27-21)23-25-13(2)8-14(3)26-23/h4-8,11,15H,9-10H2,1-3H3,(H,24,27)/t15-/m0/s1. The number of carbonyl (C=O) groups excluding carboxylic acids is 1. The molecule has 3 aromatic heterocycles. The third-order valence-corrected chi connectivity index (χ3v) is 5.80. The molecular weight excluding hydrogens is 378 g/mol. The predicted octanol–water partition coefficient (Wildman–Crippen LogP) is 3.34. The summed E-state index contributed by atoms with van der Waals surface area (Å²) >= 11 is 0. The van der Waals surface area contributed by atoms with Crippen LogP contribution in [0.15, 0.2) is 41.3 Å². The minimum Gasteiger partial charge on any atom is -0.294 e. The van der Waals surface area contributed by atoms with Crippen molar-refractivity contribution in [3.8, 4) is 5.95 Å². The molecular formula is C23H21N5O2. The van der Waals surface area contributed by atoms with Gasteiger partial charge in [-0.05, 0) is 55.9 Å². The first-order valence-corrected chi connectivity index (χ1v) is 9.96. The van der Waals surface area contributed by atoms with Crippen molar-refractivity contribution in [1.29, 1.82) is 0 Å². The molecule has 0 saturated heterocycles. The number of H-pyrrole nitrogens is 1. The van der Waals surface area contributed by atoms with Crippen molar-refractivity contribution in [2.75, 3.05) is 0 Å². The summed E-state index contributed by atoms with van der Waals surface area (Å²) in [7, 11) is 0. The van der Waals surface area contributed by atoms with Gasteiger partial charge in [0.1, 0.15) is 0 Å². The van der Waals surface area contributed by atoms with Crippen LogP contribution >= 0.6 is 0 Å². The van der Waals surface area contributed by atoms with Gasteiger partial charge in [-0.15, -0.1) is 0 Å². The van der Waals surface area contributed by atoms with Gasteiger partial charge >= 0.3 is 0 Å². The van der Waals surface area contributed by atoms with Crippen LogP contribution in [-0.2, 0) is 6.42 Å². The van der Waals surface area contributed by atoms with Crippen LogP contribution in [0.25, 0.3) is 17.0 Å². The summed E-state index contributed by atoms with van der Waals surface area (Å²) in [5.74, 6) is 0.340. The third-order valence-electron chi connectivity index (χ3n) is 5.80. The van der Waals surface area contributed by atoms with Crippen LogP contribution in [0.3, 0.4) is 0 Å². The monoisotopic (exact) mass is 399 g/mol. The molecule has 3 heterocycles. The van der Waals surface area contributed by atoms with Crippen molar-refractivity contribution in [2.45, 2.75) is 39.5 Å². The second-order valence-electron chi connectivity index (χ2n) is 7.96. The number of rotatable bonds is 2. The Morgan fingerprint density at radius 3 is 2.50 bits per heavy atom. The molecule has 0 amide bonds. The zero-order chi connectivity index (χ0) is 21.0. The Bertz CT molecular complexity index is 1360. The average Bonchev–Trinajstić information content (AvgIpc) is 3.04. The van der Waals surface area contributed by atoms with Gasteiger partial charge in [-0.3, -0.25) is 14.7 Å². The van der Waals surface area contributed by atoms with Crippen LogP contribution in [0.4, 0.5) is 0 Å². The van der Waals surface area contributed by atoms with Crippen LogP contribution in [0.5, 0.6) is 0 Å². The zero-order valence-electron chi connectivity index (χ0n) is 17.1. The first kappa shape index (κ1) is 18.4. The lowest BCUT2D eigenvalue weighted by Gasteiger charge is -2.25. The van der Waals surface area contributed by atoms with E-state index < -0.39 is 0 Å². The number of benzene rings is 1. The molecule has 1 N–H and O–H groups in total. The first-order valence-electron chi connectivity index (χ1n) is 9.96. The molecule has 1 aromatic carbocycles. The highest BCUT2D eigenvalue weighted by molar-refractivity contribution is 6.02. The molecule has 1 aliphatic rings. The number of Topliss-reactive ketones (excluding diaryl/α,β-unsaturated/α-hetero) is 1. The van der Waals surface area contributed by atoms with Crippen LogP contribution in [0.1, 0.15) is 50.8 Å². The third kappa shape index (κ3) is 2.85. The van der Waals surface area contributed by atoms with Crippen LogP contribution in [0, 0.1) is 20.8 Å². The van der Waals surface area contributed by atoms with Crippen molar-refractivity contribution in [3.05, 3.63) is 80.5 Å². The first-order chi connectivity index (χ1) is 14.4. The number of aromatic nitrogens is 5. The second-order valence-corrected chi connectivity index (χ2v) is 7.96.